The van der Waals surface area contributed by atoms with Gasteiger partial charge in [0, 0.05) is 0 Å². The van der Waals surface area contributed by atoms with E-state index in [1.54, 1.807) is 6.26 Å². The molecule has 1 aliphatic rings. The van der Waals surface area contributed by atoms with Crippen molar-refractivity contribution in [2.75, 3.05) is 0 Å². The Morgan fingerprint density at radius 2 is 2.19 bits per heavy atom. The molecule has 0 aromatic carbocycles. The molecular formula is C12H17NO3. The molecule has 2 N–H and O–H groups in total. The Kier molecular flexibility index (Phi) is 3.29. The summed E-state index contributed by atoms with van der Waals surface area (Å²) in [6, 6.07) is 3.66. The summed E-state index contributed by atoms with van der Waals surface area (Å²) in [5.41, 5.74) is -0.745. The molecule has 0 saturated heterocycles. The van der Waals surface area contributed by atoms with Gasteiger partial charge in [-0.05, 0) is 25.0 Å². The third-order valence-corrected chi connectivity index (χ3v) is 3.30. The predicted octanol–water partition coefficient (Wildman–Crippen LogP) is 2.16. The monoisotopic (exact) mass is 223 g/mol. The lowest BCUT2D eigenvalue weighted by atomic mass is 9.81. The largest absolute Gasteiger partial charge is 0.480 e. The van der Waals surface area contributed by atoms with Crippen LogP contribution in [0.15, 0.2) is 22.8 Å². The quantitative estimate of drug-likeness (QED) is 0.821. The van der Waals surface area contributed by atoms with E-state index < -0.39 is 11.5 Å². The number of furan rings is 1. The van der Waals surface area contributed by atoms with Crippen LogP contribution in [0.1, 0.15) is 37.9 Å². The van der Waals surface area contributed by atoms with Crippen LogP contribution in [0, 0.1) is 0 Å². The van der Waals surface area contributed by atoms with Gasteiger partial charge in [-0.3, -0.25) is 10.1 Å². The summed E-state index contributed by atoms with van der Waals surface area (Å²) in [6.07, 6.45) is 6.13. The second-order valence-electron chi connectivity index (χ2n) is 4.38. The van der Waals surface area contributed by atoms with E-state index in [1.807, 2.05) is 12.1 Å². The van der Waals surface area contributed by atoms with E-state index in [1.165, 1.54) is 0 Å². The zero-order valence-electron chi connectivity index (χ0n) is 9.24. The maximum Gasteiger partial charge on any atom is 0.323 e. The summed E-state index contributed by atoms with van der Waals surface area (Å²) in [4.78, 5) is 11.3. The van der Waals surface area contributed by atoms with Gasteiger partial charge in [0.1, 0.15) is 11.3 Å². The molecule has 1 fully saturated rings. The molecule has 0 unspecified atom stereocenters. The maximum atomic E-state index is 11.3. The summed E-state index contributed by atoms with van der Waals surface area (Å²) in [5.74, 6) is 0.0463. The molecule has 1 aromatic heterocycles. The lowest BCUT2D eigenvalue weighted by Crippen LogP contribution is -2.52. The number of carbonyl (C=O) groups is 1. The molecule has 1 saturated carbocycles. The van der Waals surface area contributed by atoms with Crippen molar-refractivity contribution in [3.8, 4) is 0 Å². The Morgan fingerprint density at radius 1 is 1.44 bits per heavy atom. The van der Waals surface area contributed by atoms with Gasteiger partial charge in [0.05, 0.1) is 12.8 Å². The fourth-order valence-electron chi connectivity index (χ4n) is 2.29. The fourth-order valence-corrected chi connectivity index (χ4v) is 2.29. The first-order valence-corrected chi connectivity index (χ1v) is 5.74. The van der Waals surface area contributed by atoms with E-state index in [0.29, 0.717) is 19.4 Å². The molecule has 0 atom stereocenters. The average Bonchev–Trinajstić information content (AvgIpc) is 2.80. The second kappa shape index (κ2) is 4.70. The number of nitrogens with one attached hydrogen (secondary N) is 1. The highest BCUT2D eigenvalue weighted by Crippen LogP contribution is 2.28. The molecule has 0 amide bonds. The predicted molar refractivity (Wildman–Crippen MR) is 59.0 cm³/mol. The van der Waals surface area contributed by atoms with Gasteiger partial charge in [0.25, 0.3) is 0 Å². The topological polar surface area (TPSA) is 62.5 Å². The highest BCUT2D eigenvalue weighted by Gasteiger charge is 2.39. The summed E-state index contributed by atoms with van der Waals surface area (Å²) in [5, 5.41) is 12.5. The maximum absolute atomic E-state index is 11.3. The molecule has 1 aliphatic carbocycles. The van der Waals surface area contributed by atoms with Gasteiger partial charge in [-0.15, -0.1) is 0 Å². The summed E-state index contributed by atoms with van der Waals surface area (Å²) >= 11 is 0. The Labute approximate surface area is 94.6 Å². The zero-order valence-corrected chi connectivity index (χ0v) is 9.24. The van der Waals surface area contributed by atoms with E-state index >= 15 is 0 Å². The van der Waals surface area contributed by atoms with Gasteiger partial charge < -0.3 is 9.52 Å². The van der Waals surface area contributed by atoms with Crippen molar-refractivity contribution in [1.82, 2.24) is 5.32 Å². The van der Waals surface area contributed by atoms with Crippen molar-refractivity contribution >= 4 is 5.97 Å². The molecule has 0 aliphatic heterocycles. The molecule has 0 radical (unpaired) electrons. The zero-order chi connectivity index (χ0) is 11.4. The molecule has 1 heterocycles. The van der Waals surface area contributed by atoms with Crippen molar-refractivity contribution in [3.05, 3.63) is 24.2 Å². The normalized spacial score (nSPS) is 19.5. The van der Waals surface area contributed by atoms with Gasteiger partial charge >= 0.3 is 5.97 Å². The van der Waals surface area contributed by atoms with Gasteiger partial charge in [-0.25, -0.2) is 0 Å². The molecule has 0 bridgehead atoms. The van der Waals surface area contributed by atoms with Crippen LogP contribution in [0.25, 0.3) is 0 Å². The Morgan fingerprint density at radius 3 is 2.75 bits per heavy atom. The van der Waals surface area contributed by atoms with Gasteiger partial charge in [-0.1, -0.05) is 19.3 Å². The number of carboxylic acids is 1. The first-order valence-electron chi connectivity index (χ1n) is 5.74. The third kappa shape index (κ3) is 2.27. The van der Waals surface area contributed by atoms with Crippen molar-refractivity contribution in [2.45, 2.75) is 44.2 Å². The number of hydrogen-bond acceptors (Lipinski definition) is 3. The second-order valence-corrected chi connectivity index (χ2v) is 4.38. The molecule has 88 valence electrons. The van der Waals surface area contributed by atoms with Gasteiger partial charge in [0.15, 0.2) is 0 Å². The van der Waals surface area contributed by atoms with Crippen molar-refractivity contribution in [1.29, 1.82) is 0 Å². The standard InChI is InChI=1S/C12H17NO3/c14-11(15)12(6-2-1-3-7-12)13-9-10-5-4-8-16-10/h4-5,8,13H,1-3,6-7,9H2,(H,14,15). The number of carboxylic acid groups (broad SMARTS) is 1. The lowest BCUT2D eigenvalue weighted by Gasteiger charge is -2.33. The van der Waals surface area contributed by atoms with Crippen LogP contribution in [0.3, 0.4) is 0 Å². The summed E-state index contributed by atoms with van der Waals surface area (Å²) < 4.78 is 5.19. The number of hydrogen-bond donors (Lipinski definition) is 2. The Hall–Kier alpha value is -1.29. The van der Waals surface area contributed by atoms with Gasteiger partial charge in [0.2, 0.25) is 0 Å². The lowest BCUT2D eigenvalue weighted by molar-refractivity contribution is -0.146. The van der Waals surface area contributed by atoms with E-state index in [9.17, 15) is 9.90 Å². The molecular weight excluding hydrogens is 206 g/mol. The number of rotatable bonds is 4. The summed E-state index contributed by atoms with van der Waals surface area (Å²) in [7, 11) is 0. The highest BCUT2D eigenvalue weighted by molar-refractivity contribution is 5.78. The minimum Gasteiger partial charge on any atom is -0.480 e. The molecule has 2 rings (SSSR count). The number of aliphatic carboxylic acids is 1. The molecule has 4 heteroatoms. The van der Waals surface area contributed by atoms with Crippen LogP contribution in [0.5, 0.6) is 0 Å². The van der Waals surface area contributed by atoms with E-state index in [4.69, 9.17) is 4.42 Å². The van der Waals surface area contributed by atoms with Crippen LogP contribution in [-0.4, -0.2) is 16.6 Å². The van der Waals surface area contributed by atoms with E-state index in [2.05, 4.69) is 5.32 Å². The minimum absolute atomic E-state index is 0.485. The van der Waals surface area contributed by atoms with E-state index in [0.717, 1.165) is 25.0 Å². The summed E-state index contributed by atoms with van der Waals surface area (Å²) in [6.45, 7) is 0.485. The van der Waals surface area contributed by atoms with Gasteiger partial charge in [-0.2, -0.15) is 0 Å². The molecule has 0 spiro atoms. The average molecular weight is 223 g/mol. The first-order chi connectivity index (χ1) is 7.73. The van der Waals surface area contributed by atoms with Crippen molar-refractivity contribution in [3.63, 3.8) is 0 Å². The van der Waals surface area contributed by atoms with E-state index in [-0.39, 0.29) is 0 Å². The first kappa shape index (κ1) is 11.2. The minimum atomic E-state index is -0.745. The molecule has 16 heavy (non-hydrogen) atoms. The van der Waals surface area contributed by atoms with Crippen LogP contribution in [0.4, 0.5) is 0 Å². The third-order valence-electron chi connectivity index (χ3n) is 3.30. The molecule has 1 aromatic rings. The van der Waals surface area contributed by atoms with Crippen LogP contribution in [0.2, 0.25) is 0 Å². The SMILES string of the molecule is O=C(O)C1(NCc2ccco2)CCCCC1. The fraction of sp³-hybridized carbons (Fsp3) is 0.583. The van der Waals surface area contributed by atoms with Crippen LogP contribution in [-0.2, 0) is 11.3 Å². The molecule has 4 nitrogen and oxygen atoms in total. The van der Waals surface area contributed by atoms with Crippen LogP contribution < -0.4 is 5.32 Å². The highest BCUT2D eigenvalue weighted by atomic mass is 16.4. The van der Waals surface area contributed by atoms with Crippen molar-refractivity contribution in [2.24, 2.45) is 0 Å². The van der Waals surface area contributed by atoms with Crippen molar-refractivity contribution < 1.29 is 14.3 Å². The van der Waals surface area contributed by atoms with Crippen LogP contribution >= 0.6 is 0 Å². The smallest absolute Gasteiger partial charge is 0.323 e. The Bertz CT molecular complexity index is 339. The Balaban J connectivity index is 2.00.